The first-order valence-corrected chi connectivity index (χ1v) is 12.8. The van der Waals surface area contributed by atoms with Gasteiger partial charge in [-0.2, -0.15) is 0 Å². The number of aromatic nitrogens is 3. The summed E-state index contributed by atoms with van der Waals surface area (Å²) in [5.41, 5.74) is 1.20. The Bertz CT molecular complexity index is 1100. The molecule has 3 aromatic rings. The van der Waals surface area contributed by atoms with E-state index in [4.69, 9.17) is 4.42 Å². The van der Waals surface area contributed by atoms with Crippen LogP contribution >= 0.6 is 11.8 Å². The second-order valence-corrected chi connectivity index (χ2v) is 9.72. The average Bonchev–Trinajstić information content (AvgIpc) is 3.47. The number of carbonyl (C=O) groups excluding carboxylic acids is 2. The second kappa shape index (κ2) is 12.6. The predicted octanol–water partition coefficient (Wildman–Crippen LogP) is 2.95. The summed E-state index contributed by atoms with van der Waals surface area (Å²) in [5, 5.41) is 15.5. The molecule has 10 heteroatoms. The van der Waals surface area contributed by atoms with Gasteiger partial charge in [0.25, 0.3) is 0 Å². The van der Waals surface area contributed by atoms with Crippen molar-refractivity contribution in [3.63, 3.8) is 0 Å². The average molecular weight is 497 g/mol. The Morgan fingerprint density at radius 1 is 1.06 bits per heavy atom. The third-order valence-electron chi connectivity index (χ3n) is 6.02. The van der Waals surface area contributed by atoms with Crippen molar-refractivity contribution < 1.29 is 14.0 Å². The Morgan fingerprint density at radius 3 is 2.69 bits per heavy atom. The number of rotatable bonds is 5. The molecule has 1 aliphatic rings. The lowest BCUT2D eigenvalue weighted by Crippen LogP contribution is -2.39. The van der Waals surface area contributed by atoms with Gasteiger partial charge in [-0.05, 0) is 54.6 Å². The molecule has 1 aliphatic heterocycles. The summed E-state index contributed by atoms with van der Waals surface area (Å²) in [7, 11) is 1.88. The largest absolute Gasteiger partial charge is 0.453 e. The minimum absolute atomic E-state index is 0.00172. The fourth-order valence-electron chi connectivity index (χ4n) is 4.16. The normalized spacial score (nSPS) is 19.1. The van der Waals surface area contributed by atoms with E-state index in [0.717, 1.165) is 35.3 Å². The molecule has 186 valence electrons. The van der Waals surface area contributed by atoms with Gasteiger partial charge in [-0.25, -0.2) is 0 Å². The van der Waals surface area contributed by atoms with E-state index >= 15 is 0 Å². The number of nitrogens with one attached hydrogen (secondary N) is 2. The van der Waals surface area contributed by atoms with Gasteiger partial charge in [-0.15, -0.1) is 10.2 Å². The first-order valence-electron chi connectivity index (χ1n) is 12.0. The van der Waals surface area contributed by atoms with Crippen molar-refractivity contribution in [2.24, 2.45) is 7.05 Å². The molecule has 1 fully saturated rings. The number of benzene rings is 1. The van der Waals surface area contributed by atoms with Gasteiger partial charge >= 0.3 is 0 Å². The molecule has 0 radical (unpaired) electrons. The van der Waals surface area contributed by atoms with E-state index in [1.165, 1.54) is 17.3 Å². The van der Waals surface area contributed by atoms with Gasteiger partial charge in [-0.1, -0.05) is 30.3 Å². The maximum absolute atomic E-state index is 12.7. The van der Waals surface area contributed by atoms with Crippen LogP contribution in [0.15, 0.2) is 63.5 Å². The maximum Gasteiger partial charge on any atom is 0.234 e. The van der Waals surface area contributed by atoms with Crippen molar-refractivity contribution in [3.05, 3.63) is 60.1 Å². The Kier molecular flexibility index (Phi) is 8.96. The molecule has 0 bridgehead atoms. The molecule has 1 saturated heterocycles. The van der Waals surface area contributed by atoms with Gasteiger partial charge in [0.1, 0.15) is 12.1 Å². The number of aryl methyl sites for hydroxylation is 1. The second-order valence-electron chi connectivity index (χ2n) is 8.75. The lowest BCUT2D eigenvalue weighted by molar-refractivity contribution is -0.123. The highest BCUT2D eigenvalue weighted by molar-refractivity contribution is 7.99. The van der Waals surface area contributed by atoms with Crippen LogP contribution in [-0.4, -0.2) is 57.7 Å². The van der Waals surface area contributed by atoms with Crippen molar-refractivity contribution in [1.29, 1.82) is 0 Å². The van der Waals surface area contributed by atoms with E-state index in [2.05, 4.69) is 37.9 Å². The van der Waals surface area contributed by atoms with Crippen LogP contribution in [0.2, 0.25) is 0 Å². The summed E-state index contributed by atoms with van der Waals surface area (Å²) in [4.78, 5) is 27.2. The number of amides is 2. The maximum atomic E-state index is 12.7. The van der Waals surface area contributed by atoms with E-state index in [9.17, 15) is 9.59 Å². The summed E-state index contributed by atoms with van der Waals surface area (Å²) in [5.74, 6) is 1.08. The minimum Gasteiger partial charge on any atom is -0.453 e. The summed E-state index contributed by atoms with van der Waals surface area (Å²) < 4.78 is 7.81. The highest BCUT2D eigenvalue weighted by Gasteiger charge is 2.18. The van der Waals surface area contributed by atoms with Crippen molar-refractivity contribution in [2.45, 2.75) is 48.4 Å². The molecule has 1 aromatic carbocycles. The SMILES string of the molecule is Cn1cnnc1Sc1ccc(CN2CCCNC(=O)CCC(c3ccccc3)CCNC(=O)C2)o1. The standard InChI is InChI=1S/C25H32N6O3S/c1-30-18-28-29-25(30)35-24-11-9-21(34-24)16-31-15-5-13-26-22(32)10-8-20(12-14-27-23(33)17-31)19-6-3-2-4-7-19/h2-4,6-7,9,11,18,20H,5,8,10,12-17H2,1H3,(H,26,32)(H,27,33). The summed E-state index contributed by atoms with van der Waals surface area (Å²) in [6, 6.07) is 14.0. The predicted molar refractivity (Wildman–Crippen MR) is 133 cm³/mol. The minimum atomic E-state index is -0.00172. The van der Waals surface area contributed by atoms with E-state index in [1.807, 2.05) is 41.9 Å². The van der Waals surface area contributed by atoms with Gasteiger partial charge < -0.3 is 19.6 Å². The monoisotopic (exact) mass is 496 g/mol. The zero-order valence-electron chi connectivity index (χ0n) is 20.0. The lowest BCUT2D eigenvalue weighted by Gasteiger charge is -2.23. The number of carbonyl (C=O) groups is 2. The molecular weight excluding hydrogens is 464 g/mol. The molecule has 0 spiro atoms. The van der Waals surface area contributed by atoms with Crippen molar-refractivity contribution in [1.82, 2.24) is 30.3 Å². The Balaban J connectivity index is 1.37. The van der Waals surface area contributed by atoms with Crippen molar-refractivity contribution >= 4 is 23.6 Å². The smallest absolute Gasteiger partial charge is 0.234 e. The van der Waals surface area contributed by atoms with Crippen LogP contribution in [0.5, 0.6) is 0 Å². The molecule has 1 unspecified atom stereocenters. The third kappa shape index (κ3) is 7.69. The highest BCUT2D eigenvalue weighted by Crippen LogP contribution is 2.28. The van der Waals surface area contributed by atoms with Gasteiger partial charge in [0.05, 0.1) is 13.1 Å². The van der Waals surface area contributed by atoms with Crippen molar-refractivity contribution in [2.75, 3.05) is 26.2 Å². The van der Waals surface area contributed by atoms with Gasteiger partial charge in [-0.3, -0.25) is 14.5 Å². The zero-order chi connectivity index (χ0) is 24.5. The van der Waals surface area contributed by atoms with Gasteiger partial charge in [0.2, 0.25) is 11.8 Å². The molecule has 2 amide bonds. The number of furan rings is 1. The number of hydrogen-bond donors (Lipinski definition) is 2. The van der Waals surface area contributed by atoms with Crippen LogP contribution in [0.3, 0.4) is 0 Å². The molecule has 0 saturated carbocycles. The third-order valence-corrected chi connectivity index (χ3v) is 7.00. The van der Waals surface area contributed by atoms with Gasteiger partial charge in [0.15, 0.2) is 10.2 Å². The molecule has 35 heavy (non-hydrogen) atoms. The molecule has 1 atom stereocenters. The first-order chi connectivity index (χ1) is 17.1. The van der Waals surface area contributed by atoms with Crippen molar-refractivity contribution in [3.8, 4) is 0 Å². The molecule has 9 nitrogen and oxygen atoms in total. The van der Waals surface area contributed by atoms with E-state index in [0.29, 0.717) is 32.6 Å². The summed E-state index contributed by atoms with van der Waals surface area (Å²) in [6.07, 6.45) is 4.44. The zero-order valence-corrected chi connectivity index (χ0v) is 20.8. The van der Waals surface area contributed by atoms with Crippen LogP contribution < -0.4 is 10.6 Å². The fourth-order valence-corrected chi connectivity index (χ4v) is 4.90. The Labute approximate surface area is 209 Å². The van der Waals surface area contributed by atoms with Crippen LogP contribution in [0, 0.1) is 0 Å². The first kappa shape index (κ1) is 25.0. The van der Waals surface area contributed by atoms with E-state index in [-0.39, 0.29) is 24.3 Å². The van der Waals surface area contributed by atoms with E-state index in [1.54, 1.807) is 6.33 Å². The van der Waals surface area contributed by atoms with Crippen LogP contribution in [-0.2, 0) is 23.2 Å². The quantitative estimate of drug-likeness (QED) is 0.560. The number of nitrogens with zero attached hydrogens (tertiary/aromatic N) is 4. The lowest BCUT2D eigenvalue weighted by atomic mass is 9.91. The van der Waals surface area contributed by atoms with E-state index < -0.39 is 0 Å². The number of hydrogen-bond acceptors (Lipinski definition) is 7. The summed E-state index contributed by atoms with van der Waals surface area (Å²) >= 11 is 1.40. The fraction of sp³-hybridized carbons (Fsp3) is 0.440. The van der Waals surface area contributed by atoms with Crippen LogP contribution in [0.25, 0.3) is 0 Å². The molecule has 2 N–H and O–H groups in total. The highest BCUT2D eigenvalue weighted by atomic mass is 32.2. The van der Waals surface area contributed by atoms with Gasteiger partial charge in [0, 0.05) is 33.1 Å². The Hall–Kier alpha value is -3.11. The Morgan fingerprint density at radius 2 is 1.89 bits per heavy atom. The van der Waals surface area contributed by atoms with Crippen LogP contribution in [0.1, 0.15) is 42.9 Å². The topological polar surface area (TPSA) is 105 Å². The molecular formula is C25H32N6O3S. The molecule has 0 aliphatic carbocycles. The molecule has 3 heterocycles. The van der Waals surface area contributed by atoms with Crippen LogP contribution in [0.4, 0.5) is 0 Å². The molecule has 4 rings (SSSR count). The molecule has 2 aromatic heterocycles. The summed E-state index contributed by atoms with van der Waals surface area (Å²) in [6.45, 7) is 2.61.